The zero-order valence-electron chi connectivity index (χ0n) is 12.4. The second-order valence-corrected chi connectivity index (χ2v) is 7.42. The summed E-state index contributed by atoms with van der Waals surface area (Å²) in [5.74, 6) is -0.500. The Kier molecular flexibility index (Phi) is 4.51. The first-order valence-corrected chi connectivity index (χ1v) is 8.37. The summed E-state index contributed by atoms with van der Waals surface area (Å²) in [5, 5.41) is -0.511. The Hall–Kier alpha value is -2.34. The van der Waals surface area contributed by atoms with E-state index >= 15 is 0 Å². The van der Waals surface area contributed by atoms with Gasteiger partial charge in [-0.3, -0.25) is 9.52 Å². The predicted molar refractivity (Wildman–Crippen MR) is 88.1 cm³/mol. The van der Waals surface area contributed by atoms with Crippen molar-refractivity contribution in [2.45, 2.75) is 19.1 Å². The monoisotopic (exact) mass is 318 g/mol. The smallest absolute Gasteiger partial charge is 0.249 e. The van der Waals surface area contributed by atoms with E-state index in [1.54, 1.807) is 56.3 Å². The summed E-state index contributed by atoms with van der Waals surface area (Å²) in [6.07, 6.45) is 0. The number of sulfonamides is 1. The molecule has 0 radical (unpaired) electrons. The van der Waals surface area contributed by atoms with Crippen molar-refractivity contribution in [1.82, 2.24) is 0 Å². The lowest BCUT2D eigenvalue weighted by Crippen LogP contribution is -2.22. The number of anilines is 1. The van der Waals surface area contributed by atoms with Crippen LogP contribution in [0.1, 0.15) is 24.2 Å². The highest BCUT2D eigenvalue weighted by Gasteiger charge is 2.15. The molecule has 116 valence electrons. The van der Waals surface area contributed by atoms with E-state index in [1.807, 2.05) is 6.07 Å². The Morgan fingerprint density at radius 3 is 2.18 bits per heavy atom. The third kappa shape index (κ3) is 3.46. The van der Waals surface area contributed by atoms with Gasteiger partial charge in [0.25, 0.3) is 0 Å². The van der Waals surface area contributed by atoms with Gasteiger partial charge in [-0.05, 0) is 43.2 Å². The maximum absolute atomic E-state index is 11.8. The number of nitrogens with two attached hydrogens (primary N) is 1. The zero-order chi connectivity index (χ0) is 16.3. The van der Waals surface area contributed by atoms with E-state index in [0.717, 1.165) is 5.56 Å². The van der Waals surface area contributed by atoms with Crippen molar-refractivity contribution in [1.29, 1.82) is 0 Å². The van der Waals surface area contributed by atoms with Crippen LogP contribution in [0.4, 0.5) is 5.69 Å². The Labute approximate surface area is 130 Å². The van der Waals surface area contributed by atoms with E-state index in [4.69, 9.17) is 5.73 Å². The predicted octanol–water partition coefficient (Wildman–Crippen LogP) is 2.60. The highest BCUT2D eigenvalue weighted by Crippen LogP contribution is 2.25. The van der Waals surface area contributed by atoms with Crippen LogP contribution in [-0.4, -0.2) is 19.6 Å². The number of nitrogens with one attached hydrogen (secondary N) is 1. The molecule has 22 heavy (non-hydrogen) atoms. The summed E-state index contributed by atoms with van der Waals surface area (Å²) >= 11 is 0. The van der Waals surface area contributed by atoms with E-state index in [-0.39, 0.29) is 0 Å². The van der Waals surface area contributed by atoms with Gasteiger partial charge in [-0.1, -0.05) is 30.3 Å². The van der Waals surface area contributed by atoms with Crippen molar-refractivity contribution in [3.05, 3.63) is 54.1 Å². The number of carbonyl (C=O) groups is 1. The topological polar surface area (TPSA) is 89.3 Å². The number of hydrogen-bond donors (Lipinski definition) is 2. The number of carbonyl (C=O) groups excluding carboxylic acids is 1. The molecule has 0 aliphatic heterocycles. The second-order valence-electron chi connectivity index (χ2n) is 5.18. The molecule has 2 aromatic carbocycles. The number of benzene rings is 2. The molecule has 2 aromatic rings. The second kappa shape index (κ2) is 6.19. The van der Waals surface area contributed by atoms with E-state index < -0.39 is 21.2 Å². The maximum Gasteiger partial charge on any atom is 0.249 e. The van der Waals surface area contributed by atoms with Crippen LogP contribution in [-0.2, 0) is 10.0 Å². The van der Waals surface area contributed by atoms with Gasteiger partial charge < -0.3 is 5.73 Å². The molecule has 0 atom stereocenters. The average Bonchev–Trinajstić information content (AvgIpc) is 2.47. The average molecular weight is 318 g/mol. The molecule has 5 nitrogen and oxygen atoms in total. The van der Waals surface area contributed by atoms with Crippen molar-refractivity contribution in [2.75, 3.05) is 4.72 Å². The van der Waals surface area contributed by atoms with E-state index in [2.05, 4.69) is 4.72 Å². The number of amides is 1. The van der Waals surface area contributed by atoms with Crippen LogP contribution in [0.2, 0.25) is 0 Å². The van der Waals surface area contributed by atoms with Crippen molar-refractivity contribution >= 4 is 21.6 Å². The minimum atomic E-state index is -3.37. The first kappa shape index (κ1) is 16.0. The molecule has 0 bridgehead atoms. The summed E-state index contributed by atoms with van der Waals surface area (Å²) in [7, 11) is -3.37. The van der Waals surface area contributed by atoms with Gasteiger partial charge in [-0.25, -0.2) is 8.42 Å². The van der Waals surface area contributed by atoms with Crippen LogP contribution in [0.25, 0.3) is 11.1 Å². The largest absolute Gasteiger partial charge is 0.366 e. The van der Waals surface area contributed by atoms with Crippen molar-refractivity contribution < 1.29 is 13.2 Å². The van der Waals surface area contributed by atoms with Crippen LogP contribution in [0.5, 0.6) is 0 Å². The standard InChI is InChI=1S/C16H18N2O3S/c1-11(2)22(20,21)18-13-9-7-12(8-10-13)14-5-3-4-6-15(14)16(17)19/h3-11,18H,1-2H3,(H2,17,19). The Balaban J connectivity index is 2.33. The van der Waals surface area contributed by atoms with E-state index in [1.165, 1.54) is 0 Å². The highest BCUT2D eigenvalue weighted by atomic mass is 32.2. The third-order valence-electron chi connectivity index (χ3n) is 3.27. The minimum absolute atomic E-state index is 0.429. The molecule has 1 amide bonds. The molecule has 0 aliphatic carbocycles. The zero-order valence-corrected chi connectivity index (χ0v) is 13.2. The van der Waals surface area contributed by atoms with Crippen molar-refractivity contribution in [2.24, 2.45) is 5.73 Å². The molecule has 2 rings (SSSR count). The fourth-order valence-electron chi connectivity index (χ4n) is 1.95. The molecule has 0 spiro atoms. The third-order valence-corrected chi connectivity index (χ3v) is 5.03. The fraction of sp³-hybridized carbons (Fsp3) is 0.188. The van der Waals surface area contributed by atoms with Crippen LogP contribution in [0.3, 0.4) is 0 Å². The lowest BCUT2D eigenvalue weighted by molar-refractivity contribution is 0.100. The lowest BCUT2D eigenvalue weighted by Gasteiger charge is -2.12. The molecular formula is C16H18N2O3S. The normalized spacial score (nSPS) is 11.4. The molecular weight excluding hydrogens is 300 g/mol. The lowest BCUT2D eigenvalue weighted by atomic mass is 9.99. The van der Waals surface area contributed by atoms with Gasteiger partial charge in [0.2, 0.25) is 15.9 Å². The highest BCUT2D eigenvalue weighted by molar-refractivity contribution is 7.93. The van der Waals surface area contributed by atoms with Crippen LogP contribution < -0.4 is 10.5 Å². The van der Waals surface area contributed by atoms with Gasteiger partial charge in [0.05, 0.1) is 5.25 Å². The molecule has 0 saturated heterocycles. The number of primary amides is 1. The van der Waals surface area contributed by atoms with Gasteiger partial charge in [0.15, 0.2) is 0 Å². The fourth-order valence-corrected chi connectivity index (χ4v) is 2.65. The van der Waals surface area contributed by atoms with E-state index in [9.17, 15) is 13.2 Å². The molecule has 3 N–H and O–H groups in total. The number of rotatable bonds is 5. The summed E-state index contributed by atoms with van der Waals surface area (Å²) in [4.78, 5) is 11.5. The first-order chi connectivity index (χ1) is 10.3. The molecule has 0 aromatic heterocycles. The van der Waals surface area contributed by atoms with Crippen LogP contribution >= 0.6 is 0 Å². The summed E-state index contributed by atoms with van der Waals surface area (Å²) in [5.41, 5.74) is 7.79. The van der Waals surface area contributed by atoms with Gasteiger partial charge in [0, 0.05) is 11.3 Å². The minimum Gasteiger partial charge on any atom is -0.366 e. The van der Waals surface area contributed by atoms with Crippen molar-refractivity contribution in [3.63, 3.8) is 0 Å². The molecule has 0 unspecified atom stereocenters. The first-order valence-electron chi connectivity index (χ1n) is 6.82. The quantitative estimate of drug-likeness (QED) is 0.888. The molecule has 0 fully saturated rings. The van der Waals surface area contributed by atoms with E-state index in [0.29, 0.717) is 16.8 Å². The van der Waals surface area contributed by atoms with Crippen molar-refractivity contribution in [3.8, 4) is 11.1 Å². The van der Waals surface area contributed by atoms with Gasteiger partial charge in [-0.2, -0.15) is 0 Å². The maximum atomic E-state index is 11.8. The number of hydrogen-bond acceptors (Lipinski definition) is 3. The molecule has 0 aliphatic rings. The summed E-state index contributed by atoms with van der Waals surface area (Å²) in [6, 6.07) is 13.8. The van der Waals surface area contributed by atoms with Crippen LogP contribution in [0, 0.1) is 0 Å². The SMILES string of the molecule is CC(C)S(=O)(=O)Nc1ccc(-c2ccccc2C(N)=O)cc1. The van der Waals surface area contributed by atoms with Gasteiger partial charge in [0.1, 0.15) is 0 Å². The molecule has 6 heteroatoms. The Morgan fingerprint density at radius 1 is 1.05 bits per heavy atom. The van der Waals surface area contributed by atoms with Gasteiger partial charge in [-0.15, -0.1) is 0 Å². The Bertz CT molecular complexity index is 781. The van der Waals surface area contributed by atoms with Gasteiger partial charge >= 0.3 is 0 Å². The summed E-state index contributed by atoms with van der Waals surface area (Å²) in [6.45, 7) is 3.22. The molecule has 0 heterocycles. The van der Waals surface area contributed by atoms with Crippen LogP contribution in [0.15, 0.2) is 48.5 Å². The Morgan fingerprint density at radius 2 is 1.64 bits per heavy atom. The molecule has 0 saturated carbocycles. The summed E-state index contributed by atoms with van der Waals surface area (Å²) < 4.78 is 26.2.